The van der Waals surface area contributed by atoms with Gasteiger partial charge in [-0.05, 0) is 5.92 Å². The van der Waals surface area contributed by atoms with E-state index in [1.165, 1.54) is 0 Å². The summed E-state index contributed by atoms with van der Waals surface area (Å²) in [6.45, 7) is 5.39. The summed E-state index contributed by atoms with van der Waals surface area (Å²) in [5, 5.41) is 0. The van der Waals surface area contributed by atoms with Gasteiger partial charge < -0.3 is 0 Å². The number of alkyl halides is 2. The first kappa shape index (κ1) is 8.86. The second kappa shape index (κ2) is 3.80. The minimum absolute atomic E-state index is 0.144. The zero-order valence-electron chi connectivity index (χ0n) is 6.20. The van der Waals surface area contributed by atoms with Crippen molar-refractivity contribution in [2.24, 2.45) is 11.8 Å². The highest BCUT2D eigenvalue weighted by molar-refractivity contribution is 4.61. The molecule has 0 radical (unpaired) electrons. The van der Waals surface area contributed by atoms with Crippen LogP contribution in [-0.4, -0.2) is 6.43 Å². The first-order chi connectivity index (χ1) is 4.09. The van der Waals surface area contributed by atoms with Gasteiger partial charge >= 0.3 is 0 Å². The Labute approximate surface area is 55.3 Å². The average molecular weight is 136 g/mol. The van der Waals surface area contributed by atoms with E-state index in [9.17, 15) is 8.78 Å². The summed E-state index contributed by atoms with van der Waals surface area (Å²) >= 11 is 0. The molecule has 56 valence electrons. The molecule has 1 unspecified atom stereocenters. The van der Waals surface area contributed by atoms with Gasteiger partial charge in [0.25, 0.3) is 0 Å². The minimum atomic E-state index is -2.15. The van der Waals surface area contributed by atoms with Gasteiger partial charge in [-0.15, -0.1) is 0 Å². The Kier molecular flexibility index (Phi) is 3.75. The van der Waals surface area contributed by atoms with Gasteiger partial charge in [-0.25, -0.2) is 8.78 Å². The Morgan fingerprint density at radius 1 is 1.22 bits per heavy atom. The van der Waals surface area contributed by atoms with E-state index in [0.717, 1.165) is 6.42 Å². The van der Waals surface area contributed by atoms with Gasteiger partial charge in [0.05, 0.1) is 0 Å². The fraction of sp³-hybridized carbons (Fsp3) is 1.00. The second-order valence-electron chi connectivity index (χ2n) is 2.58. The molecule has 9 heavy (non-hydrogen) atoms. The predicted octanol–water partition coefficient (Wildman–Crippen LogP) is 2.93. The van der Waals surface area contributed by atoms with Crippen LogP contribution in [0.4, 0.5) is 8.78 Å². The van der Waals surface area contributed by atoms with E-state index in [1.807, 2.05) is 13.8 Å². The molecule has 0 spiro atoms. The molecule has 0 aliphatic carbocycles. The predicted molar refractivity (Wildman–Crippen MR) is 34.6 cm³/mol. The van der Waals surface area contributed by atoms with Crippen LogP contribution in [0, 0.1) is 11.8 Å². The van der Waals surface area contributed by atoms with E-state index in [2.05, 4.69) is 0 Å². The highest BCUT2D eigenvalue weighted by Crippen LogP contribution is 2.20. The summed E-state index contributed by atoms with van der Waals surface area (Å²) in [6.07, 6.45) is -1.31. The van der Waals surface area contributed by atoms with Crippen molar-refractivity contribution in [2.75, 3.05) is 0 Å². The van der Waals surface area contributed by atoms with Gasteiger partial charge in [-0.1, -0.05) is 27.2 Å². The van der Waals surface area contributed by atoms with Crippen molar-refractivity contribution in [1.29, 1.82) is 0 Å². The van der Waals surface area contributed by atoms with E-state index in [4.69, 9.17) is 0 Å². The van der Waals surface area contributed by atoms with Crippen molar-refractivity contribution in [2.45, 2.75) is 33.6 Å². The molecule has 0 aliphatic heterocycles. The molecule has 2 heteroatoms. The summed E-state index contributed by atoms with van der Waals surface area (Å²) in [7, 11) is 0. The molecule has 0 aromatic rings. The molecule has 0 saturated heterocycles. The molecule has 0 aromatic heterocycles. The third-order valence-electron chi connectivity index (χ3n) is 1.94. The van der Waals surface area contributed by atoms with Crippen LogP contribution in [0.15, 0.2) is 0 Å². The lowest BCUT2D eigenvalue weighted by molar-refractivity contribution is 0.0571. The second-order valence-corrected chi connectivity index (χ2v) is 2.58. The molecule has 0 saturated carbocycles. The zero-order valence-corrected chi connectivity index (χ0v) is 6.20. The van der Waals surface area contributed by atoms with Crippen LogP contribution in [0.3, 0.4) is 0 Å². The van der Waals surface area contributed by atoms with Crippen LogP contribution >= 0.6 is 0 Å². The third kappa shape index (κ3) is 2.78. The number of hydrogen-bond acceptors (Lipinski definition) is 0. The van der Waals surface area contributed by atoms with E-state index >= 15 is 0 Å². The maximum absolute atomic E-state index is 11.9. The number of halogens is 2. The SMILES string of the molecule is CCC(C)[C@@H](C)C(F)F. The van der Waals surface area contributed by atoms with E-state index in [0.29, 0.717) is 0 Å². The molecule has 0 N–H and O–H groups in total. The molecule has 0 heterocycles. The molecule has 0 bridgehead atoms. The van der Waals surface area contributed by atoms with Crippen LogP contribution in [-0.2, 0) is 0 Å². The largest absolute Gasteiger partial charge is 0.241 e. The van der Waals surface area contributed by atoms with Crippen LogP contribution in [0.25, 0.3) is 0 Å². The Morgan fingerprint density at radius 3 is 1.78 bits per heavy atom. The van der Waals surface area contributed by atoms with Gasteiger partial charge in [0.2, 0.25) is 6.43 Å². The van der Waals surface area contributed by atoms with Gasteiger partial charge in [0.15, 0.2) is 0 Å². The Bertz CT molecular complexity index is 71.3. The molecule has 0 nitrogen and oxygen atoms in total. The molecular formula is C7H14F2. The summed E-state index contributed by atoms with van der Waals surface area (Å²) in [5.74, 6) is -0.306. The summed E-state index contributed by atoms with van der Waals surface area (Å²) in [6, 6.07) is 0. The normalized spacial score (nSPS) is 18.0. The van der Waals surface area contributed by atoms with Crippen molar-refractivity contribution >= 4 is 0 Å². The topological polar surface area (TPSA) is 0 Å². The fourth-order valence-electron chi connectivity index (χ4n) is 0.620. The third-order valence-corrected chi connectivity index (χ3v) is 1.94. The van der Waals surface area contributed by atoms with E-state index in [1.54, 1.807) is 6.92 Å². The van der Waals surface area contributed by atoms with Gasteiger partial charge in [0, 0.05) is 5.92 Å². The zero-order chi connectivity index (χ0) is 7.44. The van der Waals surface area contributed by atoms with Crippen LogP contribution < -0.4 is 0 Å². The van der Waals surface area contributed by atoms with Crippen molar-refractivity contribution < 1.29 is 8.78 Å². The summed E-state index contributed by atoms with van der Waals surface area (Å²) in [5.41, 5.74) is 0. The van der Waals surface area contributed by atoms with Gasteiger partial charge in [0.1, 0.15) is 0 Å². The highest BCUT2D eigenvalue weighted by atomic mass is 19.3. The van der Waals surface area contributed by atoms with Crippen molar-refractivity contribution in [3.05, 3.63) is 0 Å². The average Bonchev–Trinajstić information content (AvgIpc) is 1.84. The molecular weight excluding hydrogens is 122 g/mol. The monoisotopic (exact) mass is 136 g/mol. The Morgan fingerprint density at radius 2 is 1.67 bits per heavy atom. The van der Waals surface area contributed by atoms with Gasteiger partial charge in [-0.3, -0.25) is 0 Å². The van der Waals surface area contributed by atoms with E-state index in [-0.39, 0.29) is 5.92 Å². The van der Waals surface area contributed by atoms with Crippen molar-refractivity contribution in [3.63, 3.8) is 0 Å². The minimum Gasteiger partial charge on any atom is -0.210 e. The highest BCUT2D eigenvalue weighted by Gasteiger charge is 2.19. The first-order valence-electron chi connectivity index (χ1n) is 3.37. The lowest BCUT2D eigenvalue weighted by Gasteiger charge is -2.16. The quantitative estimate of drug-likeness (QED) is 0.559. The maximum Gasteiger partial charge on any atom is 0.241 e. The Hall–Kier alpha value is -0.140. The number of hydrogen-bond donors (Lipinski definition) is 0. The summed E-state index contributed by atoms with van der Waals surface area (Å²) < 4.78 is 23.7. The molecule has 0 aliphatic rings. The van der Waals surface area contributed by atoms with Crippen molar-refractivity contribution in [3.8, 4) is 0 Å². The lowest BCUT2D eigenvalue weighted by Crippen LogP contribution is -2.15. The maximum atomic E-state index is 11.9. The molecule has 0 amide bonds. The fourth-order valence-corrected chi connectivity index (χ4v) is 0.620. The molecule has 2 atom stereocenters. The van der Waals surface area contributed by atoms with Crippen LogP contribution in [0.2, 0.25) is 0 Å². The molecule has 0 aromatic carbocycles. The lowest BCUT2D eigenvalue weighted by atomic mass is 9.94. The van der Waals surface area contributed by atoms with Crippen LogP contribution in [0.5, 0.6) is 0 Å². The van der Waals surface area contributed by atoms with Crippen molar-refractivity contribution in [1.82, 2.24) is 0 Å². The molecule has 0 fully saturated rings. The Balaban J connectivity index is 3.58. The first-order valence-corrected chi connectivity index (χ1v) is 3.37. The van der Waals surface area contributed by atoms with Crippen LogP contribution in [0.1, 0.15) is 27.2 Å². The van der Waals surface area contributed by atoms with Gasteiger partial charge in [-0.2, -0.15) is 0 Å². The standard InChI is InChI=1S/C7H14F2/c1-4-5(2)6(3)7(8)9/h5-7H,4H2,1-3H3/t5?,6-/m1/s1. The molecule has 0 rings (SSSR count). The van der Waals surface area contributed by atoms with E-state index < -0.39 is 12.3 Å². The summed E-state index contributed by atoms with van der Waals surface area (Å²) in [4.78, 5) is 0. The number of rotatable bonds is 3. The smallest absolute Gasteiger partial charge is 0.210 e.